The SMILES string of the molecule is CCCCCCCCCCCCCC(CCC)S(=O)(=O)[O-].CCCCCCCCCCCCCC(CCC)S(=O)(=O)[O-].[Ba+2]. The largest absolute Gasteiger partial charge is 2.00 e. The van der Waals surface area contributed by atoms with Gasteiger partial charge in [0.2, 0.25) is 0 Å². The summed E-state index contributed by atoms with van der Waals surface area (Å²) >= 11 is 0. The van der Waals surface area contributed by atoms with Gasteiger partial charge in [0, 0.05) is 10.5 Å². The Balaban J connectivity index is -0.000000727. The van der Waals surface area contributed by atoms with Crippen LogP contribution in [0.1, 0.15) is 207 Å². The summed E-state index contributed by atoms with van der Waals surface area (Å²) in [5, 5.41) is -1.30. The van der Waals surface area contributed by atoms with E-state index in [1.54, 1.807) is 0 Å². The van der Waals surface area contributed by atoms with Gasteiger partial charge in [0.1, 0.15) is 0 Å². The molecule has 6 nitrogen and oxygen atoms in total. The van der Waals surface area contributed by atoms with Crippen LogP contribution in [0.25, 0.3) is 0 Å². The van der Waals surface area contributed by atoms with Gasteiger partial charge in [-0.1, -0.05) is 182 Å². The van der Waals surface area contributed by atoms with Gasteiger partial charge in [0.05, 0.1) is 20.2 Å². The van der Waals surface area contributed by atoms with E-state index in [1.165, 1.54) is 116 Å². The molecule has 0 rings (SSSR count). The summed E-state index contributed by atoms with van der Waals surface area (Å²) in [5.41, 5.74) is 0. The molecular formula is C34H70BaO6S2. The molecule has 0 heterocycles. The van der Waals surface area contributed by atoms with Crippen molar-refractivity contribution >= 4 is 69.1 Å². The van der Waals surface area contributed by atoms with E-state index >= 15 is 0 Å². The summed E-state index contributed by atoms with van der Waals surface area (Å²) in [6.45, 7) is 8.34. The quantitative estimate of drug-likeness (QED) is 0.0408. The minimum absolute atomic E-state index is 0. The average molecular weight is 776 g/mol. The Morgan fingerprint density at radius 3 is 0.744 bits per heavy atom. The Morgan fingerprint density at radius 1 is 0.349 bits per heavy atom. The molecule has 0 saturated carbocycles. The summed E-state index contributed by atoms with van der Waals surface area (Å²) < 4.78 is 66.5. The fourth-order valence-corrected chi connectivity index (χ4v) is 7.54. The van der Waals surface area contributed by atoms with Gasteiger partial charge in [-0.15, -0.1) is 0 Å². The monoisotopic (exact) mass is 776 g/mol. The van der Waals surface area contributed by atoms with Crippen molar-refractivity contribution in [2.24, 2.45) is 0 Å². The summed E-state index contributed by atoms with van der Waals surface area (Å²) in [7, 11) is -8.18. The summed E-state index contributed by atoms with van der Waals surface area (Å²) in [4.78, 5) is 0. The molecule has 0 fully saturated rings. The first-order chi connectivity index (χ1) is 20.0. The van der Waals surface area contributed by atoms with Crippen molar-refractivity contribution < 1.29 is 25.9 Å². The fraction of sp³-hybridized carbons (Fsp3) is 1.00. The molecule has 0 aliphatic rings. The van der Waals surface area contributed by atoms with E-state index in [0.29, 0.717) is 25.7 Å². The summed E-state index contributed by atoms with van der Waals surface area (Å²) in [6, 6.07) is 0. The molecule has 43 heavy (non-hydrogen) atoms. The predicted molar refractivity (Wildman–Crippen MR) is 185 cm³/mol. The summed E-state index contributed by atoms with van der Waals surface area (Å²) in [5.74, 6) is 0. The van der Waals surface area contributed by atoms with Crippen LogP contribution < -0.4 is 0 Å². The molecule has 0 bridgehead atoms. The molecule has 0 radical (unpaired) electrons. The van der Waals surface area contributed by atoms with E-state index < -0.39 is 30.7 Å². The molecule has 0 aromatic heterocycles. The molecule has 0 amide bonds. The second-order valence-electron chi connectivity index (χ2n) is 12.5. The van der Waals surface area contributed by atoms with E-state index in [1.807, 2.05) is 13.8 Å². The molecule has 0 saturated heterocycles. The van der Waals surface area contributed by atoms with Crippen molar-refractivity contribution in [1.29, 1.82) is 0 Å². The van der Waals surface area contributed by atoms with Gasteiger partial charge < -0.3 is 9.11 Å². The fourth-order valence-electron chi connectivity index (χ4n) is 5.58. The van der Waals surface area contributed by atoms with Gasteiger partial charge in [0.15, 0.2) is 0 Å². The third-order valence-electron chi connectivity index (χ3n) is 8.30. The molecule has 9 heteroatoms. The van der Waals surface area contributed by atoms with Crippen molar-refractivity contribution in [2.75, 3.05) is 0 Å². The average Bonchev–Trinajstić information content (AvgIpc) is 2.92. The minimum atomic E-state index is -4.09. The van der Waals surface area contributed by atoms with Crippen molar-refractivity contribution in [3.63, 3.8) is 0 Å². The molecule has 0 spiro atoms. The normalized spacial score (nSPS) is 13.2. The zero-order valence-electron chi connectivity index (χ0n) is 28.9. The Labute approximate surface area is 310 Å². The van der Waals surface area contributed by atoms with E-state index in [-0.39, 0.29) is 48.9 Å². The molecule has 0 aromatic carbocycles. The van der Waals surface area contributed by atoms with Crippen LogP contribution in [0.15, 0.2) is 0 Å². The van der Waals surface area contributed by atoms with E-state index in [0.717, 1.165) is 38.5 Å². The van der Waals surface area contributed by atoms with Crippen LogP contribution in [0.4, 0.5) is 0 Å². The van der Waals surface area contributed by atoms with Gasteiger partial charge in [-0.25, -0.2) is 16.8 Å². The number of unbranched alkanes of at least 4 members (excludes halogenated alkanes) is 20. The van der Waals surface area contributed by atoms with Gasteiger partial charge in [-0.05, 0) is 25.7 Å². The molecule has 2 atom stereocenters. The van der Waals surface area contributed by atoms with Crippen LogP contribution in [0.2, 0.25) is 0 Å². The van der Waals surface area contributed by atoms with Gasteiger partial charge in [-0.2, -0.15) is 0 Å². The predicted octanol–water partition coefficient (Wildman–Crippen LogP) is 10.4. The molecule has 0 aromatic rings. The van der Waals surface area contributed by atoms with Crippen molar-refractivity contribution in [3.8, 4) is 0 Å². The molecule has 256 valence electrons. The van der Waals surface area contributed by atoms with Gasteiger partial charge in [0.25, 0.3) is 0 Å². The van der Waals surface area contributed by atoms with Crippen molar-refractivity contribution in [3.05, 3.63) is 0 Å². The van der Waals surface area contributed by atoms with Crippen LogP contribution in [0, 0.1) is 0 Å². The van der Waals surface area contributed by atoms with E-state index in [4.69, 9.17) is 0 Å². The van der Waals surface area contributed by atoms with Gasteiger partial charge in [-0.3, -0.25) is 0 Å². The second-order valence-corrected chi connectivity index (χ2v) is 15.8. The number of rotatable bonds is 30. The Morgan fingerprint density at radius 2 is 0.558 bits per heavy atom. The molecule has 2 unspecified atom stereocenters. The van der Waals surface area contributed by atoms with Crippen molar-refractivity contribution in [2.45, 2.75) is 218 Å². The topological polar surface area (TPSA) is 114 Å². The van der Waals surface area contributed by atoms with Crippen molar-refractivity contribution in [1.82, 2.24) is 0 Å². The minimum Gasteiger partial charge on any atom is -0.748 e. The number of hydrogen-bond acceptors (Lipinski definition) is 6. The van der Waals surface area contributed by atoms with E-state index in [2.05, 4.69) is 13.8 Å². The third-order valence-corrected chi connectivity index (χ3v) is 10.9. The number of hydrogen-bond donors (Lipinski definition) is 0. The first-order valence-corrected chi connectivity index (χ1v) is 20.9. The molecule has 0 aliphatic carbocycles. The molecular weight excluding hydrogens is 706 g/mol. The molecule has 0 aliphatic heterocycles. The van der Waals surface area contributed by atoms with Crippen LogP contribution in [0.5, 0.6) is 0 Å². The van der Waals surface area contributed by atoms with Gasteiger partial charge >= 0.3 is 48.9 Å². The van der Waals surface area contributed by atoms with Crippen LogP contribution in [0.3, 0.4) is 0 Å². The first-order valence-electron chi connectivity index (χ1n) is 17.9. The Kier molecular flexibility index (Phi) is 39.4. The zero-order valence-corrected chi connectivity index (χ0v) is 35.0. The van der Waals surface area contributed by atoms with E-state index in [9.17, 15) is 25.9 Å². The Bertz CT molecular complexity index is 695. The van der Waals surface area contributed by atoms with Crippen LogP contribution >= 0.6 is 0 Å². The Hall–Kier alpha value is 1.39. The molecule has 0 N–H and O–H groups in total. The van der Waals surface area contributed by atoms with Crippen LogP contribution in [-0.2, 0) is 20.2 Å². The smallest absolute Gasteiger partial charge is 0.748 e. The van der Waals surface area contributed by atoms with Crippen LogP contribution in [-0.4, -0.2) is 85.3 Å². The third kappa shape index (κ3) is 36.1. The zero-order chi connectivity index (χ0) is 32.0. The maximum absolute atomic E-state index is 11.1. The standard InChI is InChI=1S/2C17H36O3S.Ba/c2*1-3-5-6-7-8-9-10-11-12-13-14-16-17(15-4-2)21(18,19)20;/h2*17H,3-16H2,1-2H3,(H,18,19,20);/q;;+2/p-2. The maximum atomic E-state index is 11.1. The summed E-state index contributed by atoms with van der Waals surface area (Å²) in [6.07, 6.45) is 31.2. The second kappa shape index (κ2) is 34.7. The maximum Gasteiger partial charge on any atom is 2.00 e. The first kappa shape index (κ1) is 48.8.